The van der Waals surface area contributed by atoms with Crippen molar-refractivity contribution in [2.24, 2.45) is 5.92 Å². The summed E-state index contributed by atoms with van der Waals surface area (Å²) < 4.78 is 16.1. The van der Waals surface area contributed by atoms with Gasteiger partial charge in [0.2, 0.25) is 5.75 Å². The van der Waals surface area contributed by atoms with Crippen molar-refractivity contribution in [1.29, 1.82) is 0 Å². The molecule has 0 bridgehead atoms. The van der Waals surface area contributed by atoms with Crippen molar-refractivity contribution in [2.75, 3.05) is 21.3 Å². The van der Waals surface area contributed by atoms with E-state index in [1.165, 1.54) is 0 Å². The molecule has 1 amide bonds. The van der Waals surface area contributed by atoms with Crippen molar-refractivity contribution < 1.29 is 19.0 Å². The summed E-state index contributed by atoms with van der Waals surface area (Å²) in [6.45, 7) is 4.54. The SMILES string of the molecule is COc1cc(-c2cc(C(=O)NC(Cn3nccn3)C(C)C)[nH]n2)cc(OC)c1OC. The zero-order valence-corrected chi connectivity index (χ0v) is 17.7. The standard InChI is InChI=1S/C20H26N6O4/c1-12(2)16(11-26-21-6-7-22-26)23-20(27)15-10-14(24-25-15)13-8-17(28-3)19(30-5)18(9-13)29-4/h6-10,12,16H,11H2,1-5H3,(H,23,27)(H,24,25). The quantitative estimate of drug-likeness (QED) is 0.551. The molecule has 3 aromatic rings. The van der Waals surface area contributed by atoms with E-state index in [1.807, 2.05) is 13.8 Å². The molecule has 10 heteroatoms. The minimum absolute atomic E-state index is 0.141. The van der Waals surface area contributed by atoms with Crippen LogP contribution in [-0.4, -0.2) is 58.5 Å². The molecule has 3 rings (SSSR count). The number of ether oxygens (including phenoxy) is 3. The zero-order chi connectivity index (χ0) is 21.7. The first kappa shape index (κ1) is 21.2. The third kappa shape index (κ3) is 4.53. The van der Waals surface area contributed by atoms with E-state index in [1.54, 1.807) is 56.7 Å². The summed E-state index contributed by atoms with van der Waals surface area (Å²) in [5, 5.41) is 18.3. The highest BCUT2D eigenvalue weighted by molar-refractivity contribution is 5.93. The van der Waals surface area contributed by atoms with Gasteiger partial charge in [0.1, 0.15) is 5.69 Å². The molecule has 1 aromatic carbocycles. The molecule has 0 saturated heterocycles. The van der Waals surface area contributed by atoms with Crippen LogP contribution in [0.15, 0.2) is 30.6 Å². The summed E-state index contributed by atoms with van der Waals surface area (Å²) in [7, 11) is 4.64. The van der Waals surface area contributed by atoms with Crippen molar-refractivity contribution in [3.05, 3.63) is 36.3 Å². The Labute approximate surface area is 174 Å². The Hall–Kier alpha value is -3.56. The average Bonchev–Trinajstić information content (AvgIpc) is 3.44. The summed E-state index contributed by atoms with van der Waals surface area (Å²) in [6.07, 6.45) is 3.22. The van der Waals surface area contributed by atoms with Crippen LogP contribution in [0.2, 0.25) is 0 Å². The fraction of sp³-hybridized carbons (Fsp3) is 0.400. The number of H-pyrrole nitrogens is 1. The zero-order valence-electron chi connectivity index (χ0n) is 17.7. The van der Waals surface area contributed by atoms with E-state index in [2.05, 4.69) is 25.7 Å². The van der Waals surface area contributed by atoms with E-state index >= 15 is 0 Å². The Morgan fingerprint density at radius 2 is 1.70 bits per heavy atom. The molecular formula is C20H26N6O4. The molecule has 2 aromatic heterocycles. The molecule has 0 radical (unpaired) electrons. The fourth-order valence-electron chi connectivity index (χ4n) is 3.00. The van der Waals surface area contributed by atoms with Crippen LogP contribution in [0, 0.1) is 5.92 Å². The molecule has 2 heterocycles. The van der Waals surface area contributed by atoms with Crippen LogP contribution in [0.4, 0.5) is 0 Å². The second kappa shape index (κ2) is 9.29. The molecule has 0 aliphatic carbocycles. The monoisotopic (exact) mass is 414 g/mol. The normalized spacial score (nSPS) is 11.9. The molecule has 2 N–H and O–H groups in total. The number of carbonyl (C=O) groups is 1. The Morgan fingerprint density at radius 1 is 1.07 bits per heavy atom. The highest BCUT2D eigenvalue weighted by Gasteiger charge is 2.21. The van der Waals surface area contributed by atoms with Crippen molar-refractivity contribution in [3.63, 3.8) is 0 Å². The van der Waals surface area contributed by atoms with Crippen LogP contribution >= 0.6 is 0 Å². The van der Waals surface area contributed by atoms with Gasteiger partial charge in [0.05, 0.1) is 52.0 Å². The van der Waals surface area contributed by atoms with Crippen LogP contribution in [0.3, 0.4) is 0 Å². The average molecular weight is 414 g/mol. The first-order valence-corrected chi connectivity index (χ1v) is 9.47. The molecule has 30 heavy (non-hydrogen) atoms. The molecular weight excluding hydrogens is 388 g/mol. The van der Waals surface area contributed by atoms with Crippen LogP contribution in [0.25, 0.3) is 11.3 Å². The van der Waals surface area contributed by atoms with Crippen LogP contribution in [0.1, 0.15) is 24.3 Å². The maximum absolute atomic E-state index is 12.8. The number of hydrogen-bond acceptors (Lipinski definition) is 7. The molecule has 0 saturated carbocycles. The lowest BCUT2D eigenvalue weighted by Gasteiger charge is -2.21. The van der Waals surface area contributed by atoms with E-state index in [-0.39, 0.29) is 17.9 Å². The largest absolute Gasteiger partial charge is 0.493 e. The number of carbonyl (C=O) groups excluding carboxylic acids is 1. The van der Waals surface area contributed by atoms with Gasteiger partial charge in [-0.2, -0.15) is 20.1 Å². The second-order valence-electron chi connectivity index (χ2n) is 6.99. The van der Waals surface area contributed by atoms with Crippen molar-refractivity contribution in [3.8, 4) is 28.5 Å². The van der Waals surface area contributed by atoms with E-state index < -0.39 is 0 Å². The number of rotatable bonds is 9. The minimum atomic E-state index is -0.257. The van der Waals surface area contributed by atoms with Gasteiger partial charge in [-0.3, -0.25) is 9.89 Å². The summed E-state index contributed by atoms with van der Waals surface area (Å²) >= 11 is 0. The third-order valence-electron chi connectivity index (χ3n) is 4.73. The smallest absolute Gasteiger partial charge is 0.269 e. The number of nitrogens with one attached hydrogen (secondary N) is 2. The lowest BCUT2D eigenvalue weighted by Crippen LogP contribution is -2.42. The first-order chi connectivity index (χ1) is 14.5. The third-order valence-corrected chi connectivity index (χ3v) is 4.73. The number of amides is 1. The van der Waals surface area contributed by atoms with Crippen molar-refractivity contribution >= 4 is 5.91 Å². The molecule has 0 spiro atoms. The van der Waals surface area contributed by atoms with Gasteiger partial charge in [0, 0.05) is 5.56 Å². The number of hydrogen-bond donors (Lipinski definition) is 2. The highest BCUT2D eigenvalue weighted by Crippen LogP contribution is 2.40. The number of benzene rings is 1. The Morgan fingerprint density at radius 3 is 2.23 bits per heavy atom. The molecule has 1 unspecified atom stereocenters. The molecule has 10 nitrogen and oxygen atoms in total. The van der Waals surface area contributed by atoms with Gasteiger partial charge in [-0.05, 0) is 24.1 Å². The van der Waals surface area contributed by atoms with Crippen LogP contribution in [-0.2, 0) is 6.54 Å². The Kier molecular flexibility index (Phi) is 6.55. The first-order valence-electron chi connectivity index (χ1n) is 9.47. The van der Waals surface area contributed by atoms with Crippen molar-refractivity contribution in [2.45, 2.75) is 26.4 Å². The lowest BCUT2D eigenvalue weighted by atomic mass is 10.0. The summed E-state index contributed by atoms with van der Waals surface area (Å²) in [6, 6.07) is 5.09. The topological polar surface area (TPSA) is 116 Å². The van der Waals surface area contributed by atoms with Gasteiger partial charge < -0.3 is 19.5 Å². The molecule has 160 valence electrons. The number of nitrogens with zero attached hydrogens (tertiary/aromatic N) is 4. The van der Waals surface area contributed by atoms with E-state index in [9.17, 15) is 4.79 Å². The predicted octanol–water partition coefficient (Wildman–Crippen LogP) is 2.15. The van der Waals surface area contributed by atoms with Gasteiger partial charge in [0.25, 0.3) is 5.91 Å². The summed E-state index contributed by atoms with van der Waals surface area (Å²) in [5.74, 6) is 1.44. The highest BCUT2D eigenvalue weighted by atomic mass is 16.5. The molecule has 0 aliphatic rings. The second-order valence-corrected chi connectivity index (χ2v) is 6.99. The lowest BCUT2D eigenvalue weighted by molar-refractivity contribution is 0.0912. The van der Waals surface area contributed by atoms with Gasteiger partial charge in [-0.25, -0.2) is 0 Å². The van der Waals surface area contributed by atoms with Crippen LogP contribution < -0.4 is 19.5 Å². The molecule has 0 fully saturated rings. The van der Waals surface area contributed by atoms with Gasteiger partial charge in [-0.15, -0.1) is 0 Å². The number of aromatic nitrogens is 5. The maximum atomic E-state index is 12.8. The maximum Gasteiger partial charge on any atom is 0.269 e. The Balaban J connectivity index is 1.80. The Bertz CT molecular complexity index is 958. The van der Waals surface area contributed by atoms with Gasteiger partial charge in [0.15, 0.2) is 11.5 Å². The van der Waals surface area contributed by atoms with E-state index in [0.717, 1.165) is 5.56 Å². The fourth-order valence-corrected chi connectivity index (χ4v) is 3.00. The number of methoxy groups -OCH3 is 3. The van der Waals surface area contributed by atoms with E-state index in [4.69, 9.17) is 14.2 Å². The van der Waals surface area contributed by atoms with Gasteiger partial charge in [-0.1, -0.05) is 13.8 Å². The number of aromatic amines is 1. The predicted molar refractivity (Wildman–Crippen MR) is 110 cm³/mol. The molecule has 0 aliphatic heterocycles. The minimum Gasteiger partial charge on any atom is -0.493 e. The van der Waals surface area contributed by atoms with Crippen LogP contribution in [0.5, 0.6) is 17.2 Å². The van der Waals surface area contributed by atoms with Gasteiger partial charge >= 0.3 is 0 Å². The van der Waals surface area contributed by atoms with Crippen molar-refractivity contribution in [1.82, 2.24) is 30.5 Å². The summed E-state index contributed by atoms with van der Waals surface area (Å²) in [4.78, 5) is 14.3. The van der Waals surface area contributed by atoms with E-state index in [0.29, 0.717) is 35.2 Å². The molecule has 1 atom stereocenters. The summed E-state index contributed by atoms with van der Waals surface area (Å²) in [5.41, 5.74) is 1.65.